The van der Waals surface area contributed by atoms with Crippen LogP contribution in [0.3, 0.4) is 0 Å². The molecule has 12 aromatic rings. The molecule has 294 valence electrons. The molecular weight excluding hydrogens is 765 g/mol. The minimum atomic E-state index is 0.696. The first-order valence-electron chi connectivity index (χ1n) is 21.4. The molecule has 0 radical (unpaired) electrons. The SMILES string of the molecule is c1ccc(-c2ccc(-c3cc(-c4ccc(-c5ccc6c(c5)nc(-c5ccccc5)c5ccc7c8ccccc8n(-c8ccccc8)c7c56)cc4)nc(-c4ccccc4)n3)cc2)cc1. The Morgan fingerprint density at radius 1 is 0.302 bits per heavy atom. The van der Waals surface area contributed by atoms with Crippen molar-refractivity contribution in [1.29, 1.82) is 0 Å². The smallest absolute Gasteiger partial charge is 0.160 e. The Kier molecular flexibility index (Phi) is 8.79. The summed E-state index contributed by atoms with van der Waals surface area (Å²) < 4.78 is 2.43. The summed E-state index contributed by atoms with van der Waals surface area (Å²) in [5.74, 6) is 0.696. The van der Waals surface area contributed by atoms with Crippen molar-refractivity contribution in [3.63, 3.8) is 0 Å². The molecule has 0 atom stereocenters. The molecule has 0 saturated carbocycles. The van der Waals surface area contributed by atoms with Gasteiger partial charge in [-0.25, -0.2) is 15.0 Å². The van der Waals surface area contributed by atoms with Crippen molar-refractivity contribution in [3.8, 4) is 73.1 Å². The Morgan fingerprint density at radius 2 is 0.778 bits per heavy atom. The molecule has 9 aromatic carbocycles. The van der Waals surface area contributed by atoms with Gasteiger partial charge in [0.15, 0.2) is 5.82 Å². The molecule has 3 heterocycles. The molecule has 4 heteroatoms. The second-order valence-corrected chi connectivity index (χ2v) is 16.0. The highest BCUT2D eigenvalue weighted by atomic mass is 15.0. The van der Waals surface area contributed by atoms with E-state index >= 15 is 0 Å². The number of rotatable bonds is 7. The van der Waals surface area contributed by atoms with Gasteiger partial charge in [-0.3, -0.25) is 0 Å². The monoisotopic (exact) mass is 802 g/mol. The van der Waals surface area contributed by atoms with E-state index < -0.39 is 0 Å². The van der Waals surface area contributed by atoms with Gasteiger partial charge in [-0.1, -0.05) is 200 Å². The van der Waals surface area contributed by atoms with Gasteiger partial charge in [0.2, 0.25) is 0 Å². The van der Waals surface area contributed by atoms with Crippen molar-refractivity contribution in [1.82, 2.24) is 19.5 Å². The highest BCUT2D eigenvalue weighted by Crippen LogP contribution is 2.43. The maximum Gasteiger partial charge on any atom is 0.160 e. The largest absolute Gasteiger partial charge is 0.309 e. The number of pyridine rings is 1. The lowest BCUT2D eigenvalue weighted by molar-refractivity contribution is 1.18. The van der Waals surface area contributed by atoms with Crippen LogP contribution in [-0.2, 0) is 0 Å². The Hall–Kier alpha value is -8.47. The zero-order valence-corrected chi connectivity index (χ0v) is 34.2. The molecule has 0 spiro atoms. The summed E-state index contributed by atoms with van der Waals surface area (Å²) in [6.45, 7) is 0. The van der Waals surface area contributed by atoms with E-state index in [9.17, 15) is 0 Å². The molecule has 0 fully saturated rings. The fourth-order valence-corrected chi connectivity index (χ4v) is 9.14. The summed E-state index contributed by atoms with van der Waals surface area (Å²) in [4.78, 5) is 15.7. The number of aromatic nitrogens is 4. The third kappa shape index (κ3) is 6.44. The first-order valence-corrected chi connectivity index (χ1v) is 21.4. The van der Waals surface area contributed by atoms with Gasteiger partial charge >= 0.3 is 0 Å². The van der Waals surface area contributed by atoms with Crippen LogP contribution in [0.25, 0.3) is 117 Å². The average Bonchev–Trinajstić information content (AvgIpc) is 3.71. The molecule has 0 bridgehead atoms. The van der Waals surface area contributed by atoms with Crippen LogP contribution < -0.4 is 0 Å². The summed E-state index contributed by atoms with van der Waals surface area (Å²) in [7, 11) is 0. The lowest BCUT2D eigenvalue weighted by atomic mass is 9.95. The molecule has 0 unspecified atom stereocenters. The molecule has 0 aliphatic rings. The molecule has 0 N–H and O–H groups in total. The quantitative estimate of drug-likeness (QED) is 0.151. The number of nitrogens with zero attached hydrogens (tertiary/aromatic N) is 4. The summed E-state index contributed by atoms with van der Waals surface area (Å²) in [5, 5.41) is 5.90. The third-order valence-electron chi connectivity index (χ3n) is 12.2. The summed E-state index contributed by atoms with van der Waals surface area (Å²) >= 11 is 0. The number of hydrogen-bond acceptors (Lipinski definition) is 3. The number of fused-ring (bicyclic) bond motifs is 7. The van der Waals surface area contributed by atoms with Crippen LogP contribution in [0.15, 0.2) is 231 Å². The van der Waals surface area contributed by atoms with Crippen molar-refractivity contribution in [3.05, 3.63) is 231 Å². The zero-order chi connectivity index (χ0) is 41.7. The highest BCUT2D eigenvalue weighted by molar-refractivity contribution is 6.27. The fraction of sp³-hybridized carbons (Fsp3) is 0. The van der Waals surface area contributed by atoms with Gasteiger partial charge in [0.25, 0.3) is 0 Å². The third-order valence-corrected chi connectivity index (χ3v) is 12.2. The molecule has 0 aliphatic heterocycles. The van der Waals surface area contributed by atoms with E-state index in [2.05, 4.69) is 211 Å². The van der Waals surface area contributed by atoms with E-state index in [1.165, 1.54) is 38.3 Å². The molecule has 4 nitrogen and oxygen atoms in total. The van der Waals surface area contributed by atoms with Crippen molar-refractivity contribution >= 4 is 43.5 Å². The molecular formula is C59H38N4. The summed E-state index contributed by atoms with van der Waals surface area (Å²) in [6, 6.07) is 81.4. The predicted molar refractivity (Wildman–Crippen MR) is 262 cm³/mol. The minimum Gasteiger partial charge on any atom is -0.309 e. The lowest BCUT2D eigenvalue weighted by Gasteiger charge is -2.15. The van der Waals surface area contributed by atoms with Crippen LogP contribution in [0.2, 0.25) is 0 Å². The standard InChI is InChI=1S/C59H38N4/c1-5-15-39(16-6-1)40-25-29-42(30-26-40)52-38-53(62-59(61-52)45-19-9-3-10-20-45)43-31-27-41(28-32-43)46-33-34-50-54(37-46)60-57(44-17-7-2-8-18-44)51-36-35-49-48-23-13-14-24-55(48)63(58(49)56(50)51)47-21-11-4-12-22-47/h1-38H. The first kappa shape index (κ1) is 36.4. The van der Waals surface area contributed by atoms with E-state index in [-0.39, 0.29) is 0 Å². The van der Waals surface area contributed by atoms with Crippen molar-refractivity contribution in [2.45, 2.75) is 0 Å². The van der Waals surface area contributed by atoms with Gasteiger partial charge in [0, 0.05) is 54.9 Å². The Morgan fingerprint density at radius 3 is 1.43 bits per heavy atom. The first-order chi connectivity index (χ1) is 31.2. The lowest BCUT2D eigenvalue weighted by Crippen LogP contribution is -1.96. The summed E-state index contributed by atoms with van der Waals surface area (Å²) in [6.07, 6.45) is 0. The van der Waals surface area contributed by atoms with Crippen LogP contribution >= 0.6 is 0 Å². The molecule has 12 rings (SSSR count). The maximum atomic E-state index is 5.46. The average molecular weight is 803 g/mol. The van der Waals surface area contributed by atoms with Crippen LogP contribution in [0, 0.1) is 0 Å². The Bertz CT molecular complexity index is 3620. The second kappa shape index (κ2) is 15.2. The van der Waals surface area contributed by atoms with E-state index in [1.807, 2.05) is 24.3 Å². The maximum absolute atomic E-state index is 5.46. The number of para-hydroxylation sites is 2. The van der Waals surface area contributed by atoms with E-state index in [0.717, 1.165) is 72.4 Å². The van der Waals surface area contributed by atoms with Gasteiger partial charge < -0.3 is 4.57 Å². The van der Waals surface area contributed by atoms with E-state index in [4.69, 9.17) is 15.0 Å². The number of hydrogen-bond donors (Lipinski definition) is 0. The Balaban J connectivity index is 0.992. The van der Waals surface area contributed by atoms with Crippen molar-refractivity contribution in [2.24, 2.45) is 0 Å². The molecule has 0 saturated heterocycles. The zero-order valence-electron chi connectivity index (χ0n) is 34.2. The van der Waals surface area contributed by atoms with Crippen LogP contribution in [0.1, 0.15) is 0 Å². The minimum absolute atomic E-state index is 0.696. The van der Waals surface area contributed by atoms with Crippen molar-refractivity contribution < 1.29 is 0 Å². The fourth-order valence-electron chi connectivity index (χ4n) is 9.14. The predicted octanol–water partition coefficient (Wildman–Crippen LogP) is 15.3. The highest BCUT2D eigenvalue weighted by Gasteiger charge is 2.20. The van der Waals surface area contributed by atoms with Crippen LogP contribution in [0.5, 0.6) is 0 Å². The normalized spacial score (nSPS) is 11.5. The van der Waals surface area contributed by atoms with E-state index in [1.54, 1.807) is 0 Å². The molecule has 0 amide bonds. The van der Waals surface area contributed by atoms with Crippen LogP contribution in [0.4, 0.5) is 0 Å². The van der Waals surface area contributed by atoms with Gasteiger partial charge in [-0.05, 0) is 52.6 Å². The van der Waals surface area contributed by atoms with Gasteiger partial charge in [0.1, 0.15) is 0 Å². The summed E-state index contributed by atoms with van der Waals surface area (Å²) in [5.41, 5.74) is 15.9. The second-order valence-electron chi connectivity index (χ2n) is 16.0. The van der Waals surface area contributed by atoms with E-state index in [0.29, 0.717) is 5.82 Å². The topological polar surface area (TPSA) is 43.6 Å². The molecule has 0 aliphatic carbocycles. The van der Waals surface area contributed by atoms with Gasteiger partial charge in [0.05, 0.1) is 33.6 Å². The molecule has 3 aromatic heterocycles. The number of benzene rings is 9. The molecule has 63 heavy (non-hydrogen) atoms. The van der Waals surface area contributed by atoms with Crippen molar-refractivity contribution in [2.75, 3.05) is 0 Å². The van der Waals surface area contributed by atoms with Crippen LogP contribution in [-0.4, -0.2) is 19.5 Å². The van der Waals surface area contributed by atoms with Gasteiger partial charge in [-0.15, -0.1) is 0 Å². The Labute approximate surface area is 365 Å². The van der Waals surface area contributed by atoms with Gasteiger partial charge in [-0.2, -0.15) is 0 Å².